The summed E-state index contributed by atoms with van der Waals surface area (Å²) in [6, 6.07) is 7.12. The van der Waals surface area contributed by atoms with E-state index in [9.17, 15) is 4.39 Å². The molecular formula is C13H13BrFNS. The van der Waals surface area contributed by atoms with E-state index in [0.717, 1.165) is 23.1 Å². The lowest BCUT2D eigenvalue weighted by molar-refractivity contribution is 0.319. The van der Waals surface area contributed by atoms with E-state index in [1.54, 1.807) is 17.4 Å². The van der Waals surface area contributed by atoms with Crippen molar-refractivity contribution >= 4 is 27.3 Å². The molecule has 0 spiro atoms. The fraction of sp³-hybridized carbons (Fsp3) is 0.231. The highest BCUT2D eigenvalue weighted by Gasteiger charge is 2.04. The third-order valence-corrected chi connectivity index (χ3v) is 3.60. The van der Waals surface area contributed by atoms with Crippen LogP contribution in [0.4, 0.5) is 4.39 Å². The van der Waals surface area contributed by atoms with Gasteiger partial charge in [-0.3, -0.25) is 4.90 Å². The van der Waals surface area contributed by atoms with E-state index in [4.69, 9.17) is 0 Å². The fourth-order valence-corrected chi connectivity index (χ4v) is 2.94. The average Bonchev–Trinajstić information content (AvgIpc) is 2.67. The van der Waals surface area contributed by atoms with Crippen LogP contribution in [0.5, 0.6) is 0 Å². The first-order valence-electron chi connectivity index (χ1n) is 5.28. The summed E-state index contributed by atoms with van der Waals surface area (Å²) < 4.78 is 14.0. The third kappa shape index (κ3) is 3.91. The molecule has 0 fully saturated rings. The van der Waals surface area contributed by atoms with E-state index in [0.29, 0.717) is 0 Å². The molecule has 0 aliphatic heterocycles. The maximum atomic E-state index is 13.2. The molecule has 1 heterocycles. The number of benzene rings is 1. The van der Waals surface area contributed by atoms with Gasteiger partial charge in [-0.15, -0.1) is 0 Å². The minimum atomic E-state index is -0.196. The highest BCUT2D eigenvalue weighted by Crippen LogP contribution is 2.17. The molecule has 1 nitrogen and oxygen atoms in total. The summed E-state index contributed by atoms with van der Waals surface area (Å²) in [4.78, 5) is 2.17. The average molecular weight is 314 g/mol. The van der Waals surface area contributed by atoms with Gasteiger partial charge < -0.3 is 0 Å². The topological polar surface area (TPSA) is 3.24 Å². The maximum absolute atomic E-state index is 13.2. The number of hydrogen-bond acceptors (Lipinski definition) is 2. The van der Waals surface area contributed by atoms with Gasteiger partial charge in [0.1, 0.15) is 5.82 Å². The molecule has 0 N–H and O–H groups in total. The van der Waals surface area contributed by atoms with Gasteiger partial charge in [-0.1, -0.05) is 15.9 Å². The molecule has 17 heavy (non-hydrogen) atoms. The Balaban J connectivity index is 2.00. The molecule has 4 heteroatoms. The normalized spacial score (nSPS) is 11.1. The van der Waals surface area contributed by atoms with Gasteiger partial charge in [0.15, 0.2) is 0 Å². The van der Waals surface area contributed by atoms with Crippen LogP contribution in [0.1, 0.15) is 11.1 Å². The van der Waals surface area contributed by atoms with Crippen molar-refractivity contribution in [3.8, 4) is 0 Å². The van der Waals surface area contributed by atoms with Crippen molar-refractivity contribution in [3.63, 3.8) is 0 Å². The summed E-state index contributed by atoms with van der Waals surface area (Å²) in [6.07, 6.45) is 0. The first kappa shape index (κ1) is 12.7. The number of halogens is 2. The lowest BCUT2D eigenvalue weighted by Gasteiger charge is -2.16. The molecule has 0 unspecified atom stereocenters. The molecule has 0 atom stereocenters. The Bertz CT molecular complexity index is 464. The van der Waals surface area contributed by atoms with Gasteiger partial charge in [-0.05, 0) is 53.2 Å². The van der Waals surface area contributed by atoms with Gasteiger partial charge in [0.05, 0.1) is 0 Å². The van der Waals surface area contributed by atoms with Gasteiger partial charge in [0.2, 0.25) is 0 Å². The fourth-order valence-electron chi connectivity index (χ4n) is 1.76. The number of hydrogen-bond donors (Lipinski definition) is 0. The lowest BCUT2D eigenvalue weighted by atomic mass is 10.2. The van der Waals surface area contributed by atoms with Crippen LogP contribution in [-0.4, -0.2) is 11.9 Å². The van der Waals surface area contributed by atoms with Crippen LogP contribution in [0, 0.1) is 5.82 Å². The predicted molar refractivity (Wildman–Crippen MR) is 73.6 cm³/mol. The molecule has 2 aromatic rings. The van der Waals surface area contributed by atoms with E-state index >= 15 is 0 Å². The summed E-state index contributed by atoms with van der Waals surface area (Å²) in [7, 11) is 2.04. The summed E-state index contributed by atoms with van der Waals surface area (Å²) in [6.45, 7) is 1.63. The van der Waals surface area contributed by atoms with E-state index < -0.39 is 0 Å². The Morgan fingerprint density at radius 1 is 1.24 bits per heavy atom. The van der Waals surface area contributed by atoms with Crippen LogP contribution >= 0.6 is 27.3 Å². The van der Waals surface area contributed by atoms with Gasteiger partial charge in [-0.2, -0.15) is 11.3 Å². The van der Waals surface area contributed by atoms with E-state index in [1.165, 1.54) is 11.6 Å². The Morgan fingerprint density at radius 2 is 2.00 bits per heavy atom. The highest BCUT2D eigenvalue weighted by atomic mass is 79.9. The lowest BCUT2D eigenvalue weighted by Crippen LogP contribution is -2.16. The standard InChI is InChI=1S/C13H13BrFNS/c1-16(7-10-2-3-17-9-10)8-11-4-12(14)6-13(15)5-11/h2-6,9H,7-8H2,1H3. The van der Waals surface area contributed by atoms with Crippen LogP contribution in [-0.2, 0) is 13.1 Å². The predicted octanol–water partition coefficient (Wildman–Crippen LogP) is 4.28. The van der Waals surface area contributed by atoms with Crippen LogP contribution < -0.4 is 0 Å². The minimum Gasteiger partial charge on any atom is -0.298 e. The molecular weight excluding hydrogens is 301 g/mol. The molecule has 0 amide bonds. The Kier molecular flexibility index (Phi) is 4.31. The molecule has 0 bridgehead atoms. The quantitative estimate of drug-likeness (QED) is 0.814. The van der Waals surface area contributed by atoms with E-state index in [1.807, 2.05) is 13.1 Å². The highest BCUT2D eigenvalue weighted by molar-refractivity contribution is 9.10. The first-order chi connectivity index (χ1) is 8.13. The zero-order valence-electron chi connectivity index (χ0n) is 9.49. The monoisotopic (exact) mass is 313 g/mol. The van der Waals surface area contributed by atoms with Crippen LogP contribution in [0.15, 0.2) is 39.5 Å². The van der Waals surface area contributed by atoms with Crippen molar-refractivity contribution in [1.82, 2.24) is 4.90 Å². The molecule has 1 aromatic carbocycles. The van der Waals surface area contributed by atoms with Crippen molar-refractivity contribution in [2.75, 3.05) is 7.05 Å². The molecule has 1 aromatic heterocycles. The molecule has 90 valence electrons. The van der Waals surface area contributed by atoms with Crippen molar-refractivity contribution in [2.24, 2.45) is 0 Å². The number of thiophene rings is 1. The maximum Gasteiger partial charge on any atom is 0.124 e. The van der Waals surface area contributed by atoms with E-state index in [2.05, 4.69) is 37.7 Å². The summed E-state index contributed by atoms with van der Waals surface area (Å²) in [5.41, 5.74) is 2.28. The smallest absolute Gasteiger partial charge is 0.124 e. The largest absolute Gasteiger partial charge is 0.298 e. The zero-order valence-corrected chi connectivity index (χ0v) is 11.9. The van der Waals surface area contributed by atoms with E-state index in [-0.39, 0.29) is 5.82 Å². The van der Waals surface area contributed by atoms with Gasteiger partial charge in [-0.25, -0.2) is 4.39 Å². The molecule has 0 aliphatic rings. The molecule has 0 aliphatic carbocycles. The first-order valence-corrected chi connectivity index (χ1v) is 7.01. The summed E-state index contributed by atoms with van der Waals surface area (Å²) in [5.74, 6) is -0.196. The second-order valence-corrected chi connectivity index (χ2v) is 5.78. The van der Waals surface area contributed by atoms with Crippen molar-refractivity contribution in [3.05, 3.63) is 56.4 Å². The Morgan fingerprint density at radius 3 is 2.65 bits per heavy atom. The van der Waals surface area contributed by atoms with Crippen molar-refractivity contribution in [2.45, 2.75) is 13.1 Å². The van der Waals surface area contributed by atoms with Crippen molar-refractivity contribution < 1.29 is 4.39 Å². The molecule has 2 rings (SSSR count). The summed E-state index contributed by atoms with van der Waals surface area (Å²) in [5, 5.41) is 4.21. The van der Waals surface area contributed by atoms with Gasteiger partial charge in [0.25, 0.3) is 0 Å². The SMILES string of the molecule is CN(Cc1ccsc1)Cc1cc(F)cc(Br)c1. The number of nitrogens with zero attached hydrogens (tertiary/aromatic N) is 1. The third-order valence-electron chi connectivity index (χ3n) is 2.41. The minimum absolute atomic E-state index is 0.196. The number of rotatable bonds is 4. The van der Waals surface area contributed by atoms with Gasteiger partial charge in [0, 0.05) is 17.6 Å². The van der Waals surface area contributed by atoms with Crippen LogP contribution in [0.3, 0.4) is 0 Å². The second-order valence-electron chi connectivity index (χ2n) is 4.08. The van der Waals surface area contributed by atoms with Crippen LogP contribution in [0.2, 0.25) is 0 Å². The zero-order chi connectivity index (χ0) is 12.3. The molecule has 0 saturated carbocycles. The van der Waals surface area contributed by atoms with Gasteiger partial charge >= 0.3 is 0 Å². The molecule has 0 saturated heterocycles. The van der Waals surface area contributed by atoms with Crippen LogP contribution in [0.25, 0.3) is 0 Å². The summed E-state index contributed by atoms with van der Waals surface area (Å²) >= 11 is 5.01. The van der Waals surface area contributed by atoms with Crippen molar-refractivity contribution in [1.29, 1.82) is 0 Å². The Labute approximate surface area is 113 Å². The second kappa shape index (κ2) is 5.76. The molecule has 0 radical (unpaired) electrons. The Hall–Kier alpha value is -0.710.